The smallest absolute Gasteiger partial charge is 0.237 e. The summed E-state index contributed by atoms with van der Waals surface area (Å²) >= 11 is 1.74. The highest BCUT2D eigenvalue weighted by molar-refractivity contribution is 7.10. The largest absolute Gasteiger partial charge is 0.395 e. The summed E-state index contributed by atoms with van der Waals surface area (Å²) in [6.45, 7) is 2.45. The van der Waals surface area contributed by atoms with Gasteiger partial charge < -0.3 is 10.0 Å². The Bertz CT molecular complexity index is 449. The third kappa shape index (κ3) is 2.75. The van der Waals surface area contributed by atoms with Crippen LogP contribution in [0.4, 0.5) is 0 Å². The first kappa shape index (κ1) is 14.0. The van der Waals surface area contributed by atoms with Gasteiger partial charge in [0.2, 0.25) is 5.91 Å². The van der Waals surface area contributed by atoms with Gasteiger partial charge in [-0.15, -0.1) is 11.3 Å². The van der Waals surface area contributed by atoms with Crippen LogP contribution in [0.5, 0.6) is 0 Å². The van der Waals surface area contributed by atoms with Crippen molar-refractivity contribution in [3.63, 3.8) is 0 Å². The fourth-order valence-electron chi connectivity index (χ4n) is 3.42. The Morgan fingerprint density at radius 1 is 1.35 bits per heavy atom. The molecule has 1 amide bonds. The van der Waals surface area contributed by atoms with Crippen molar-refractivity contribution >= 4 is 17.2 Å². The minimum atomic E-state index is 0.168. The first-order valence-corrected chi connectivity index (χ1v) is 8.35. The Balaban J connectivity index is 1.64. The molecule has 2 aliphatic rings. The van der Waals surface area contributed by atoms with E-state index in [-0.39, 0.29) is 24.6 Å². The zero-order valence-electron chi connectivity index (χ0n) is 11.7. The second kappa shape index (κ2) is 6.24. The van der Waals surface area contributed by atoms with E-state index in [4.69, 9.17) is 0 Å². The second-order valence-corrected chi connectivity index (χ2v) is 6.69. The summed E-state index contributed by atoms with van der Waals surface area (Å²) in [7, 11) is 0. The normalized spacial score (nSPS) is 27.4. The van der Waals surface area contributed by atoms with E-state index >= 15 is 0 Å². The first-order chi connectivity index (χ1) is 9.79. The van der Waals surface area contributed by atoms with Crippen LogP contribution in [0.1, 0.15) is 36.6 Å². The number of thiophene rings is 1. The van der Waals surface area contributed by atoms with Gasteiger partial charge in [0.15, 0.2) is 0 Å². The molecule has 0 bridgehead atoms. The van der Waals surface area contributed by atoms with E-state index in [2.05, 4.69) is 22.4 Å². The number of aliphatic hydroxyl groups excluding tert-OH is 1. The summed E-state index contributed by atoms with van der Waals surface area (Å²) in [5.74, 6) is 0.223. The highest BCUT2D eigenvalue weighted by Crippen LogP contribution is 2.34. The Hall–Kier alpha value is -0.910. The maximum Gasteiger partial charge on any atom is 0.237 e. The Kier molecular flexibility index (Phi) is 4.38. The Morgan fingerprint density at radius 3 is 2.95 bits per heavy atom. The summed E-state index contributed by atoms with van der Waals surface area (Å²) in [5, 5.41) is 11.4. The number of rotatable bonds is 4. The molecule has 3 rings (SSSR count). The summed E-state index contributed by atoms with van der Waals surface area (Å²) in [6, 6.07) is 4.65. The van der Waals surface area contributed by atoms with Crippen LogP contribution in [0.15, 0.2) is 17.5 Å². The minimum Gasteiger partial charge on any atom is -0.395 e. The molecule has 1 unspecified atom stereocenters. The van der Waals surface area contributed by atoms with Crippen LogP contribution in [-0.4, -0.2) is 53.1 Å². The number of carbonyl (C=O) groups is 1. The van der Waals surface area contributed by atoms with Crippen molar-refractivity contribution in [2.75, 3.05) is 26.2 Å². The molecule has 4 nitrogen and oxygen atoms in total. The van der Waals surface area contributed by atoms with Crippen LogP contribution in [-0.2, 0) is 4.79 Å². The average molecular weight is 294 g/mol. The molecule has 0 saturated carbocycles. The molecule has 2 fully saturated rings. The molecule has 1 aromatic heterocycles. The van der Waals surface area contributed by atoms with Gasteiger partial charge >= 0.3 is 0 Å². The van der Waals surface area contributed by atoms with Gasteiger partial charge in [0.05, 0.1) is 19.2 Å². The quantitative estimate of drug-likeness (QED) is 0.922. The number of likely N-dealkylation sites (tertiary alicyclic amines) is 2. The van der Waals surface area contributed by atoms with Crippen molar-refractivity contribution in [2.45, 2.75) is 37.8 Å². The molecule has 1 N–H and O–H groups in total. The Morgan fingerprint density at radius 2 is 2.20 bits per heavy atom. The van der Waals surface area contributed by atoms with Gasteiger partial charge in [-0.3, -0.25) is 9.69 Å². The zero-order chi connectivity index (χ0) is 13.9. The summed E-state index contributed by atoms with van der Waals surface area (Å²) in [4.78, 5) is 18.1. The molecule has 0 radical (unpaired) electrons. The predicted octanol–water partition coefficient (Wildman–Crippen LogP) is 1.87. The van der Waals surface area contributed by atoms with E-state index in [0.29, 0.717) is 6.54 Å². The predicted molar refractivity (Wildman–Crippen MR) is 79.7 cm³/mol. The molecule has 0 aromatic carbocycles. The summed E-state index contributed by atoms with van der Waals surface area (Å²) in [6.07, 6.45) is 4.28. The minimum absolute atomic E-state index is 0.168. The van der Waals surface area contributed by atoms with E-state index < -0.39 is 0 Å². The molecule has 2 saturated heterocycles. The highest BCUT2D eigenvalue weighted by Gasteiger charge is 2.33. The number of amides is 1. The third-order valence-electron chi connectivity index (χ3n) is 4.49. The molecule has 0 spiro atoms. The van der Waals surface area contributed by atoms with Crippen LogP contribution in [0.2, 0.25) is 0 Å². The molecular formula is C15H22N2O2S. The zero-order valence-corrected chi connectivity index (χ0v) is 12.5. The maximum atomic E-state index is 12.6. The van der Waals surface area contributed by atoms with Crippen LogP contribution < -0.4 is 0 Å². The number of carbonyl (C=O) groups excluding carboxylic acids is 1. The van der Waals surface area contributed by atoms with Crippen molar-refractivity contribution in [3.05, 3.63) is 22.4 Å². The van der Waals surface area contributed by atoms with Gasteiger partial charge in [-0.1, -0.05) is 6.07 Å². The molecule has 110 valence electrons. The molecule has 2 aliphatic heterocycles. The lowest BCUT2D eigenvalue weighted by molar-refractivity contribution is -0.133. The van der Waals surface area contributed by atoms with Crippen molar-refractivity contribution < 1.29 is 9.90 Å². The molecule has 1 aromatic rings. The number of aliphatic hydroxyl groups is 1. The van der Waals surface area contributed by atoms with Crippen molar-refractivity contribution in [1.29, 1.82) is 0 Å². The highest BCUT2D eigenvalue weighted by atomic mass is 32.1. The Labute approximate surface area is 124 Å². The van der Waals surface area contributed by atoms with Gasteiger partial charge in [-0.25, -0.2) is 0 Å². The standard InChI is InChI=1S/C15H22N2O2S/c18-11-12-4-1-7-16(12)10-15(19)17-8-2-5-13(17)14-6-3-9-20-14/h3,6,9,12-13,18H,1-2,4-5,7-8,10-11H2/t12-,13?/m1/s1. The third-order valence-corrected chi connectivity index (χ3v) is 5.47. The SMILES string of the molecule is O=C(CN1CCC[C@@H]1CO)N1CCCC1c1cccs1. The van der Waals surface area contributed by atoms with Crippen LogP contribution in [0.25, 0.3) is 0 Å². The molecule has 0 aliphatic carbocycles. The molecule has 3 heterocycles. The van der Waals surface area contributed by atoms with E-state index in [1.165, 1.54) is 4.88 Å². The average Bonchev–Trinajstić information content (AvgIpc) is 3.19. The molecule has 5 heteroatoms. The second-order valence-electron chi connectivity index (χ2n) is 5.71. The van der Waals surface area contributed by atoms with Gasteiger partial charge in [-0.05, 0) is 43.7 Å². The van der Waals surface area contributed by atoms with E-state index in [0.717, 1.165) is 38.8 Å². The monoisotopic (exact) mass is 294 g/mol. The van der Waals surface area contributed by atoms with Crippen molar-refractivity contribution in [2.24, 2.45) is 0 Å². The maximum absolute atomic E-state index is 12.6. The molecule has 2 atom stereocenters. The summed E-state index contributed by atoms with van der Waals surface area (Å²) < 4.78 is 0. The lowest BCUT2D eigenvalue weighted by Crippen LogP contribution is -2.42. The fourth-order valence-corrected chi connectivity index (χ4v) is 4.29. The van der Waals surface area contributed by atoms with Gasteiger partial charge in [-0.2, -0.15) is 0 Å². The lowest BCUT2D eigenvalue weighted by atomic mass is 10.2. The van der Waals surface area contributed by atoms with Crippen LogP contribution in [0.3, 0.4) is 0 Å². The van der Waals surface area contributed by atoms with Crippen molar-refractivity contribution in [1.82, 2.24) is 9.80 Å². The van der Waals surface area contributed by atoms with Gasteiger partial charge in [0, 0.05) is 17.5 Å². The van der Waals surface area contributed by atoms with Gasteiger partial charge in [0.25, 0.3) is 0 Å². The van der Waals surface area contributed by atoms with Crippen molar-refractivity contribution in [3.8, 4) is 0 Å². The number of hydrogen-bond donors (Lipinski definition) is 1. The van der Waals surface area contributed by atoms with Gasteiger partial charge in [0.1, 0.15) is 0 Å². The van der Waals surface area contributed by atoms with Crippen LogP contribution >= 0.6 is 11.3 Å². The fraction of sp³-hybridized carbons (Fsp3) is 0.667. The lowest BCUT2D eigenvalue weighted by Gasteiger charge is -2.28. The molecular weight excluding hydrogens is 272 g/mol. The van der Waals surface area contributed by atoms with E-state index in [1.54, 1.807) is 11.3 Å². The van der Waals surface area contributed by atoms with E-state index in [1.807, 2.05) is 4.90 Å². The van der Waals surface area contributed by atoms with E-state index in [9.17, 15) is 9.90 Å². The van der Waals surface area contributed by atoms with Crippen LogP contribution in [0, 0.1) is 0 Å². The topological polar surface area (TPSA) is 43.8 Å². The number of hydrogen-bond acceptors (Lipinski definition) is 4. The molecule has 20 heavy (non-hydrogen) atoms. The number of nitrogens with zero attached hydrogens (tertiary/aromatic N) is 2. The first-order valence-electron chi connectivity index (χ1n) is 7.47. The summed E-state index contributed by atoms with van der Waals surface area (Å²) in [5.41, 5.74) is 0.